The average Bonchev–Trinajstić information content (AvgIpc) is 3.09. The van der Waals surface area contributed by atoms with Gasteiger partial charge in [0.25, 0.3) is 20.3 Å². The summed E-state index contributed by atoms with van der Waals surface area (Å²) in [7, 11) is 0. The molecule has 1 aromatic heterocycles. The summed E-state index contributed by atoms with van der Waals surface area (Å²) in [5.41, 5.74) is -2.68. The van der Waals surface area contributed by atoms with E-state index >= 15 is 0 Å². The van der Waals surface area contributed by atoms with Crippen molar-refractivity contribution in [3.63, 3.8) is 0 Å². The smallest absolute Gasteiger partial charge is 0.299 e. The number of aliphatic hydroxyl groups excluding tert-OH is 6. The Labute approximate surface area is 301 Å². The monoisotopic (exact) mass is 790 g/mol. The molecule has 28 nitrogen and oxygen atoms in total. The Morgan fingerprint density at radius 3 is 1.89 bits per heavy atom. The second kappa shape index (κ2) is 16.1. The Hall–Kier alpha value is -6.11. The van der Waals surface area contributed by atoms with Crippen molar-refractivity contribution >= 4 is 11.0 Å². The van der Waals surface area contributed by atoms with Crippen LogP contribution in [0.5, 0.6) is 28.7 Å². The molecular weight excluding hydrogens is 764 g/mol. The minimum atomic E-state index is -2.24. The molecule has 55 heavy (non-hydrogen) atoms. The second-order valence-electron chi connectivity index (χ2n) is 11.5. The molecule has 5 rings (SSSR count). The first-order valence-corrected chi connectivity index (χ1v) is 15.1. The molecule has 0 unspecified atom stereocenters. The molecule has 0 saturated carbocycles. The molecule has 6 N–H and O–H groups in total. The van der Waals surface area contributed by atoms with Gasteiger partial charge in [-0.1, -0.05) is 0 Å². The van der Waals surface area contributed by atoms with Gasteiger partial charge in [0.2, 0.25) is 17.5 Å². The van der Waals surface area contributed by atoms with Crippen LogP contribution in [0.4, 0.5) is 0 Å². The van der Waals surface area contributed by atoms with Gasteiger partial charge in [-0.25, -0.2) is 0 Å². The number of nitrogens with zero attached hydrogens (tertiary/aromatic N) is 4. The van der Waals surface area contributed by atoms with E-state index in [1.165, 1.54) is 6.92 Å². The molecule has 0 amide bonds. The number of rotatable bonds is 14. The molecule has 3 heterocycles. The quantitative estimate of drug-likeness (QED) is 0.0743. The maximum Gasteiger partial charge on any atom is 0.299 e. The van der Waals surface area contributed by atoms with Gasteiger partial charge < -0.3 is 54.0 Å². The van der Waals surface area contributed by atoms with Crippen LogP contribution >= 0.6 is 0 Å². The first-order valence-electron chi connectivity index (χ1n) is 15.1. The molecule has 0 spiro atoms. The van der Waals surface area contributed by atoms with E-state index in [-0.39, 0.29) is 0 Å². The summed E-state index contributed by atoms with van der Waals surface area (Å²) in [4.78, 5) is 76.0. The molecule has 0 bridgehead atoms. The highest BCUT2D eigenvalue weighted by atomic mass is 17.0. The lowest BCUT2D eigenvalue weighted by Crippen LogP contribution is -2.61. The van der Waals surface area contributed by atoms with Crippen molar-refractivity contribution in [2.75, 3.05) is 6.61 Å². The summed E-state index contributed by atoms with van der Waals surface area (Å²) < 4.78 is 27.6. The molecule has 10 atom stereocenters. The fraction of sp³-hybridized carbons (Fsp3) is 0.444. The summed E-state index contributed by atoms with van der Waals surface area (Å²) in [6, 6.07) is 3.51. The lowest BCUT2D eigenvalue weighted by Gasteiger charge is -2.42. The van der Waals surface area contributed by atoms with Crippen molar-refractivity contribution in [2.24, 2.45) is 0 Å². The van der Waals surface area contributed by atoms with Gasteiger partial charge in [0.1, 0.15) is 59.8 Å². The Morgan fingerprint density at radius 1 is 0.673 bits per heavy atom. The van der Waals surface area contributed by atoms with E-state index < -0.39 is 145 Å². The number of ether oxygens (including phenoxy) is 4. The van der Waals surface area contributed by atoms with Gasteiger partial charge >= 0.3 is 0 Å². The molecule has 2 aliphatic heterocycles. The van der Waals surface area contributed by atoms with Crippen LogP contribution in [-0.4, -0.2) is 119 Å². The molecule has 298 valence electrons. The largest absolute Gasteiger partial charge is 0.454 e. The van der Waals surface area contributed by atoms with E-state index in [4.69, 9.17) is 23.4 Å². The zero-order chi connectivity index (χ0) is 40.5. The number of benzene rings is 2. The molecule has 2 aliphatic rings. The summed E-state index contributed by atoms with van der Waals surface area (Å²) in [5.74, 6) is -5.58. The number of fused-ring (bicyclic) bond motifs is 1. The first kappa shape index (κ1) is 40.1. The van der Waals surface area contributed by atoms with Gasteiger partial charge in [-0.3, -0.25) is 24.1 Å². The van der Waals surface area contributed by atoms with E-state index in [9.17, 15) is 75.9 Å². The third-order valence-electron chi connectivity index (χ3n) is 7.93. The van der Waals surface area contributed by atoms with Crippen LogP contribution in [0, 0.1) is 40.5 Å². The van der Waals surface area contributed by atoms with Crippen LogP contribution in [-0.2, 0) is 14.2 Å². The second-order valence-corrected chi connectivity index (χ2v) is 11.5. The molecule has 28 heteroatoms. The molecule has 2 aromatic carbocycles. The van der Waals surface area contributed by atoms with Crippen molar-refractivity contribution in [2.45, 2.75) is 68.3 Å². The molecule has 0 radical (unpaired) electrons. The van der Waals surface area contributed by atoms with Crippen LogP contribution < -0.4 is 29.5 Å². The summed E-state index contributed by atoms with van der Waals surface area (Å²) >= 11 is 0. The molecule has 2 saturated heterocycles. The Morgan fingerprint density at radius 2 is 1.25 bits per heavy atom. The lowest BCUT2D eigenvalue weighted by molar-refractivity contribution is -0.721. The molecule has 2 fully saturated rings. The summed E-state index contributed by atoms with van der Waals surface area (Å²) in [6.07, 6.45) is -18.0. The third kappa shape index (κ3) is 8.66. The average molecular weight is 791 g/mol. The maximum absolute atomic E-state index is 14.1. The van der Waals surface area contributed by atoms with E-state index in [1.54, 1.807) is 0 Å². The fourth-order valence-corrected chi connectivity index (χ4v) is 5.40. The Kier molecular flexibility index (Phi) is 11.7. The van der Waals surface area contributed by atoms with Gasteiger partial charge in [-0.15, -0.1) is 40.5 Å². The number of hydrogen-bond donors (Lipinski definition) is 6. The standard InChI is InChI=1S/C27H26N4O24/c1-8-17(32)20(35)22(37)26(48-8)47-7-15-18(33)21(36)23(38)27(50-15)51-25-19(34)16-13(5-10(52-28(39)40)6-14(16)55-31(45)46)49-24(25)9-2-3-11(53-29(41)42)12(4-9)54-30(43)44/h2-6,8,15,17-18,20-23,26-27,32-33,35-38H,7H2,1H3/t8-,15+,17-,18+,20+,21-,22+,23+,26+,27-/m0/s1. The third-order valence-corrected chi connectivity index (χ3v) is 7.93. The van der Waals surface area contributed by atoms with E-state index in [0.29, 0.717) is 18.2 Å². The Balaban J connectivity index is 1.62. The predicted octanol–water partition coefficient (Wildman–Crippen LogP) is -2.23. The minimum absolute atomic E-state index is 0.483. The van der Waals surface area contributed by atoms with Gasteiger partial charge in [0.05, 0.1) is 18.1 Å². The number of aliphatic hydroxyl groups is 6. The van der Waals surface area contributed by atoms with E-state index in [0.717, 1.165) is 12.1 Å². The van der Waals surface area contributed by atoms with Crippen molar-refractivity contribution in [1.29, 1.82) is 0 Å². The zero-order valence-electron chi connectivity index (χ0n) is 27.2. The van der Waals surface area contributed by atoms with Gasteiger partial charge in [0.15, 0.2) is 23.5 Å². The topological polar surface area (TPSA) is 398 Å². The predicted molar refractivity (Wildman–Crippen MR) is 164 cm³/mol. The first-order chi connectivity index (χ1) is 25.9. The Bertz CT molecular complexity index is 2030. The molecular formula is C27H26N4O24. The molecule has 3 aromatic rings. The van der Waals surface area contributed by atoms with E-state index in [2.05, 4.69) is 19.4 Å². The van der Waals surface area contributed by atoms with Gasteiger partial charge in [-0.2, -0.15) is 0 Å². The van der Waals surface area contributed by atoms with Crippen molar-refractivity contribution in [3.05, 3.63) is 81.0 Å². The fourth-order valence-electron chi connectivity index (χ4n) is 5.40. The van der Waals surface area contributed by atoms with Crippen LogP contribution in [0.25, 0.3) is 22.3 Å². The molecule has 0 aliphatic carbocycles. The van der Waals surface area contributed by atoms with Crippen molar-refractivity contribution < 1.29 is 93.7 Å². The van der Waals surface area contributed by atoms with Crippen LogP contribution in [0.15, 0.2) is 39.5 Å². The minimum Gasteiger partial charge on any atom is -0.454 e. The summed E-state index contributed by atoms with van der Waals surface area (Å²) in [5, 5.41) is 101. The highest BCUT2D eigenvalue weighted by Crippen LogP contribution is 2.41. The lowest BCUT2D eigenvalue weighted by atomic mass is 9.98. The van der Waals surface area contributed by atoms with Crippen molar-refractivity contribution in [3.8, 4) is 40.1 Å². The van der Waals surface area contributed by atoms with Crippen LogP contribution in [0.2, 0.25) is 0 Å². The van der Waals surface area contributed by atoms with Crippen LogP contribution in [0.1, 0.15) is 6.92 Å². The van der Waals surface area contributed by atoms with Crippen LogP contribution in [0.3, 0.4) is 0 Å². The number of hydrogen-bond acceptors (Lipinski definition) is 24. The normalized spacial score (nSPS) is 27.8. The van der Waals surface area contributed by atoms with Gasteiger partial charge in [0, 0.05) is 11.6 Å². The highest BCUT2D eigenvalue weighted by Gasteiger charge is 2.48. The van der Waals surface area contributed by atoms with Crippen molar-refractivity contribution in [1.82, 2.24) is 0 Å². The van der Waals surface area contributed by atoms with Gasteiger partial charge in [-0.05, 0) is 31.2 Å². The highest BCUT2D eigenvalue weighted by molar-refractivity contribution is 5.88. The maximum atomic E-state index is 14.1. The van der Waals surface area contributed by atoms with E-state index in [1.807, 2.05) is 0 Å². The summed E-state index contributed by atoms with van der Waals surface area (Å²) in [6.45, 7) is 0.549. The SMILES string of the molecule is C[C@@H]1O[C@@H](OC[C@H]2O[C@@H](Oc3c(-c4ccc(O[N+](=O)[O-])c(O[N+](=O)[O-])c4)oc4cc(O[N+](=O)[O-])cc(O[N+](=O)[O-])c4c3=O)[C@H](O)[C@@H](O)[C@@H]2O)[C@H](O)[C@H](O)[C@H]1O. The zero-order valence-corrected chi connectivity index (χ0v) is 27.2.